The Morgan fingerprint density at radius 2 is 2.00 bits per heavy atom. The van der Waals surface area contributed by atoms with Gasteiger partial charge in [0.25, 0.3) is 5.56 Å². The maximum atomic E-state index is 12.8. The molecule has 25 heavy (non-hydrogen) atoms. The summed E-state index contributed by atoms with van der Waals surface area (Å²) in [6, 6.07) is 9.56. The van der Waals surface area contributed by atoms with E-state index in [-0.39, 0.29) is 17.9 Å². The van der Waals surface area contributed by atoms with E-state index < -0.39 is 0 Å². The second-order valence-electron chi connectivity index (χ2n) is 5.84. The third-order valence-electron chi connectivity index (χ3n) is 4.01. The van der Waals surface area contributed by atoms with Crippen molar-refractivity contribution in [1.82, 2.24) is 24.6 Å². The molecule has 0 aliphatic rings. The van der Waals surface area contributed by atoms with Crippen LogP contribution in [0.15, 0.2) is 41.3 Å². The average molecular weight is 339 g/mol. The predicted octanol–water partition coefficient (Wildman–Crippen LogP) is 1.81. The van der Waals surface area contributed by atoms with Crippen LogP contribution in [-0.2, 0) is 11.3 Å². The molecule has 3 rings (SSSR count). The Morgan fingerprint density at radius 1 is 1.24 bits per heavy atom. The van der Waals surface area contributed by atoms with Crippen LogP contribution in [0.4, 0.5) is 0 Å². The lowest BCUT2D eigenvalue weighted by Crippen LogP contribution is -2.29. The Kier molecular flexibility index (Phi) is 4.92. The number of carbonyl (C=O) groups is 1. The highest BCUT2D eigenvalue weighted by Gasteiger charge is 2.14. The first-order valence-electron chi connectivity index (χ1n) is 8.39. The molecule has 0 aliphatic heterocycles. The van der Waals surface area contributed by atoms with Gasteiger partial charge in [-0.15, -0.1) is 0 Å². The van der Waals surface area contributed by atoms with E-state index in [1.54, 1.807) is 11.6 Å². The number of rotatable bonds is 6. The van der Waals surface area contributed by atoms with Gasteiger partial charge in [-0.25, -0.2) is 9.67 Å². The average Bonchev–Trinajstić information content (AvgIpc) is 3.04. The lowest BCUT2D eigenvalue weighted by Gasteiger charge is -2.10. The van der Waals surface area contributed by atoms with Crippen molar-refractivity contribution in [3.8, 4) is 5.69 Å². The Balaban J connectivity index is 1.93. The first kappa shape index (κ1) is 16.9. The van der Waals surface area contributed by atoms with Gasteiger partial charge in [-0.05, 0) is 25.5 Å². The van der Waals surface area contributed by atoms with Gasteiger partial charge in [0.1, 0.15) is 11.2 Å². The van der Waals surface area contributed by atoms with E-state index in [1.165, 1.54) is 10.8 Å². The Morgan fingerprint density at radius 3 is 2.72 bits per heavy atom. The SMILES string of the molecule is CCCNC(=O)CCn1c(C)nc2c(cnn2-c2ccccc2)c1=O. The number of fused-ring (bicyclic) bond motifs is 1. The predicted molar refractivity (Wildman–Crippen MR) is 95.8 cm³/mol. The number of aromatic nitrogens is 4. The molecule has 7 heteroatoms. The van der Waals surface area contributed by atoms with Crippen LogP contribution in [-0.4, -0.2) is 31.8 Å². The number of aryl methyl sites for hydroxylation is 1. The molecule has 1 N–H and O–H groups in total. The van der Waals surface area contributed by atoms with Gasteiger partial charge in [0, 0.05) is 19.5 Å². The second kappa shape index (κ2) is 7.29. The number of hydrogen-bond acceptors (Lipinski definition) is 4. The zero-order valence-corrected chi connectivity index (χ0v) is 14.4. The first-order valence-corrected chi connectivity index (χ1v) is 8.39. The van der Waals surface area contributed by atoms with Crippen molar-refractivity contribution >= 4 is 16.9 Å². The topological polar surface area (TPSA) is 81.8 Å². The number of nitrogens with one attached hydrogen (secondary N) is 1. The van der Waals surface area contributed by atoms with Crippen LogP contribution >= 0.6 is 0 Å². The van der Waals surface area contributed by atoms with Crippen LogP contribution in [0.5, 0.6) is 0 Å². The number of amides is 1. The number of hydrogen-bond donors (Lipinski definition) is 1. The summed E-state index contributed by atoms with van der Waals surface area (Å²) in [5.74, 6) is 0.506. The van der Waals surface area contributed by atoms with E-state index in [2.05, 4.69) is 15.4 Å². The second-order valence-corrected chi connectivity index (χ2v) is 5.84. The number of benzene rings is 1. The molecular formula is C18H21N5O2. The largest absolute Gasteiger partial charge is 0.356 e. The zero-order valence-electron chi connectivity index (χ0n) is 14.4. The normalized spacial score (nSPS) is 11.0. The highest BCUT2D eigenvalue weighted by Crippen LogP contribution is 2.14. The molecular weight excluding hydrogens is 318 g/mol. The summed E-state index contributed by atoms with van der Waals surface area (Å²) in [6.07, 6.45) is 2.67. The summed E-state index contributed by atoms with van der Waals surface area (Å²) in [5.41, 5.74) is 1.20. The lowest BCUT2D eigenvalue weighted by atomic mass is 10.3. The molecule has 2 aromatic heterocycles. The molecule has 130 valence electrons. The van der Waals surface area contributed by atoms with Gasteiger partial charge in [-0.3, -0.25) is 14.2 Å². The van der Waals surface area contributed by atoms with Crippen LogP contribution in [0, 0.1) is 6.92 Å². The van der Waals surface area contributed by atoms with Crippen molar-refractivity contribution in [2.75, 3.05) is 6.54 Å². The van der Waals surface area contributed by atoms with Crippen LogP contribution in [0.1, 0.15) is 25.6 Å². The van der Waals surface area contributed by atoms with Gasteiger partial charge in [0.05, 0.1) is 11.9 Å². The molecule has 7 nitrogen and oxygen atoms in total. The van der Waals surface area contributed by atoms with Crippen molar-refractivity contribution in [2.24, 2.45) is 0 Å². The molecule has 3 aromatic rings. The van der Waals surface area contributed by atoms with Gasteiger partial charge in [0.15, 0.2) is 5.65 Å². The number of carbonyl (C=O) groups excluding carboxylic acids is 1. The molecule has 0 saturated carbocycles. The van der Waals surface area contributed by atoms with Crippen molar-refractivity contribution < 1.29 is 4.79 Å². The van der Waals surface area contributed by atoms with Crippen molar-refractivity contribution in [1.29, 1.82) is 0 Å². The molecule has 1 amide bonds. The van der Waals surface area contributed by atoms with E-state index >= 15 is 0 Å². The van der Waals surface area contributed by atoms with E-state index in [1.807, 2.05) is 37.3 Å². The molecule has 0 radical (unpaired) electrons. The standard InChI is InChI=1S/C18H21N5O2/c1-3-10-19-16(24)9-11-22-13(2)21-17-15(18(22)25)12-20-23(17)14-7-5-4-6-8-14/h4-8,12H,3,9-11H2,1-2H3,(H,19,24). The smallest absolute Gasteiger partial charge is 0.264 e. The number of para-hydroxylation sites is 1. The first-order chi connectivity index (χ1) is 12.1. The minimum Gasteiger partial charge on any atom is -0.356 e. The van der Waals surface area contributed by atoms with Crippen LogP contribution < -0.4 is 10.9 Å². The molecule has 0 aliphatic carbocycles. The summed E-state index contributed by atoms with van der Waals surface area (Å²) in [6.45, 7) is 4.72. The Labute approximate surface area is 145 Å². The summed E-state index contributed by atoms with van der Waals surface area (Å²) >= 11 is 0. The van der Waals surface area contributed by atoms with Crippen LogP contribution in [0.2, 0.25) is 0 Å². The van der Waals surface area contributed by atoms with E-state index in [4.69, 9.17) is 0 Å². The molecule has 0 saturated heterocycles. The maximum Gasteiger partial charge on any atom is 0.264 e. The van der Waals surface area contributed by atoms with E-state index in [9.17, 15) is 9.59 Å². The van der Waals surface area contributed by atoms with Crippen LogP contribution in [0.3, 0.4) is 0 Å². The molecule has 2 heterocycles. The third-order valence-corrected chi connectivity index (χ3v) is 4.01. The summed E-state index contributed by atoms with van der Waals surface area (Å²) in [7, 11) is 0. The summed E-state index contributed by atoms with van der Waals surface area (Å²) in [5, 5.41) is 7.57. The third kappa shape index (κ3) is 3.45. The van der Waals surface area contributed by atoms with E-state index in [0.29, 0.717) is 29.9 Å². The van der Waals surface area contributed by atoms with Crippen LogP contribution in [0.25, 0.3) is 16.7 Å². The quantitative estimate of drug-likeness (QED) is 0.742. The van der Waals surface area contributed by atoms with Gasteiger partial charge >= 0.3 is 0 Å². The molecule has 0 atom stereocenters. The highest BCUT2D eigenvalue weighted by atomic mass is 16.1. The van der Waals surface area contributed by atoms with Crippen molar-refractivity contribution in [3.63, 3.8) is 0 Å². The van der Waals surface area contributed by atoms with Crippen molar-refractivity contribution in [2.45, 2.75) is 33.2 Å². The van der Waals surface area contributed by atoms with Gasteiger partial charge in [0.2, 0.25) is 5.91 Å². The van der Waals surface area contributed by atoms with Gasteiger partial charge in [-0.1, -0.05) is 25.1 Å². The summed E-state index contributed by atoms with van der Waals surface area (Å²) in [4.78, 5) is 29.1. The fourth-order valence-electron chi connectivity index (χ4n) is 2.69. The lowest BCUT2D eigenvalue weighted by molar-refractivity contribution is -0.121. The fraction of sp³-hybridized carbons (Fsp3) is 0.333. The molecule has 0 spiro atoms. The van der Waals surface area contributed by atoms with E-state index in [0.717, 1.165) is 12.1 Å². The minimum atomic E-state index is -0.173. The molecule has 1 aromatic carbocycles. The fourth-order valence-corrected chi connectivity index (χ4v) is 2.69. The Bertz CT molecular complexity index is 943. The molecule has 0 fully saturated rings. The number of nitrogens with zero attached hydrogens (tertiary/aromatic N) is 4. The van der Waals surface area contributed by atoms with Gasteiger partial charge < -0.3 is 5.32 Å². The monoisotopic (exact) mass is 339 g/mol. The van der Waals surface area contributed by atoms with Crippen molar-refractivity contribution in [3.05, 3.63) is 52.7 Å². The summed E-state index contributed by atoms with van der Waals surface area (Å²) < 4.78 is 3.19. The highest BCUT2D eigenvalue weighted by molar-refractivity contribution is 5.76. The maximum absolute atomic E-state index is 12.8. The molecule has 0 unspecified atom stereocenters. The Hall–Kier alpha value is -2.96. The van der Waals surface area contributed by atoms with Gasteiger partial charge in [-0.2, -0.15) is 5.10 Å². The zero-order chi connectivity index (χ0) is 17.8. The minimum absolute atomic E-state index is 0.0618. The molecule has 0 bridgehead atoms.